The van der Waals surface area contributed by atoms with E-state index in [9.17, 15) is 9.59 Å². The van der Waals surface area contributed by atoms with Crippen molar-refractivity contribution < 1.29 is 9.59 Å². The van der Waals surface area contributed by atoms with Gasteiger partial charge in [0.2, 0.25) is 16.9 Å². The first kappa shape index (κ1) is 17.4. The Morgan fingerprint density at radius 3 is 2.52 bits per heavy atom. The number of nitrogens with zero attached hydrogens (tertiary/aromatic N) is 2. The number of halogens is 1. The second-order valence-corrected chi connectivity index (χ2v) is 6.30. The quantitative estimate of drug-likeness (QED) is 0.798. The summed E-state index contributed by atoms with van der Waals surface area (Å²) in [4.78, 5) is 23.7. The lowest BCUT2D eigenvalue weighted by molar-refractivity contribution is -0.121. The van der Waals surface area contributed by atoms with Gasteiger partial charge in [-0.15, -0.1) is 10.2 Å². The van der Waals surface area contributed by atoms with Crippen LogP contribution in [0.15, 0.2) is 24.3 Å². The second kappa shape index (κ2) is 8.59. The molecule has 2 amide bonds. The van der Waals surface area contributed by atoms with Crippen LogP contribution in [0, 0.1) is 0 Å². The Bertz CT molecular complexity index is 690. The first-order chi connectivity index (χ1) is 11.1. The zero-order valence-corrected chi connectivity index (χ0v) is 14.2. The van der Waals surface area contributed by atoms with Crippen molar-refractivity contribution in [3.8, 4) is 0 Å². The Kier molecular flexibility index (Phi) is 6.49. The molecule has 0 aliphatic rings. The predicted molar refractivity (Wildman–Crippen MR) is 91.8 cm³/mol. The van der Waals surface area contributed by atoms with Gasteiger partial charge in [-0.3, -0.25) is 9.59 Å². The van der Waals surface area contributed by atoms with Crippen LogP contribution >= 0.6 is 22.9 Å². The van der Waals surface area contributed by atoms with E-state index in [1.807, 2.05) is 0 Å². The lowest BCUT2D eigenvalue weighted by Crippen LogP contribution is -2.17. The summed E-state index contributed by atoms with van der Waals surface area (Å²) in [5, 5.41) is 15.0. The number of rotatable bonds is 7. The van der Waals surface area contributed by atoms with Crippen LogP contribution in [0.2, 0.25) is 5.02 Å². The number of aryl methyl sites for hydroxylation is 1. The maximum atomic E-state index is 11.8. The summed E-state index contributed by atoms with van der Waals surface area (Å²) in [7, 11) is 0. The Balaban J connectivity index is 1.77. The maximum absolute atomic E-state index is 11.8. The highest BCUT2D eigenvalue weighted by Crippen LogP contribution is 2.21. The number of hydrogen-bond donors (Lipinski definition) is 2. The van der Waals surface area contributed by atoms with E-state index in [-0.39, 0.29) is 24.7 Å². The fraction of sp³-hybridized carbons (Fsp3) is 0.333. The van der Waals surface area contributed by atoms with Gasteiger partial charge in [-0.1, -0.05) is 42.0 Å². The van der Waals surface area contributed by atoms with Gasteiger partial charge in [0, 0.05) is 19.3 Å². The van der Waals surface area contributed by atoms with Crippen molar-refractivity contribution in [2.24, 2.45) is 0 Å². The summed E-state index contributed by atoms with van der Waals surface area (Å²) in [6.07, 6.45) is 1.95. The molecule has 0 aliphatic heterocycles. The molecule has 0 fully saturated rings. The van der Waals surface area contributed by atoms with Crippen molar-refractivity contribution in [1.29, 1.82) is 0 Å². The van der Waals surface area contributed by atoms with E-state index in [0.29, 0.717) is 15.8 Å². The average molecular weight is 353 g/mol. The molecule has 0 aliphatic carbocycles. The molecule has 2 N–H and O–H groups in total. The number of benzene rings is 1. The van der Waals surface area contributed by atoms with E-state index < -0.39 is 0 Å². The lowest BCUT2D eigenvalue weighted by atomic mass is 10.2. The zero-order valence-electron chi connectivity index (χ0n) is 12.6. The van der Waals surface area contributed by atoms with Crippen molar-refractivity contribution in [1.82, 2.24) is 10.2 Å². The fourth-order valence-corrected chi connectivity index (χ4v) is 2.84. The molecule has 2 rings (SSSR count). The summed E-state index contributed by atoms with van der Waals surface area (Å²) < 4.78 is 0. The summed E-state index contributed by atoms with van der Waals surface area (Å²) in [5.74, 6) is -0.532. The van der Waals surface area contributed by atoms with Crippen molar-refractivity contribution in [3.05, 3.63) is 34.3 Å². The minimum Gasteiger partial charge on any atom is -0.325 e. The number of anilines is 2. The number of hydrogen-bond acceptors (Lipinski definition) is 5. The van der Waals surface area contributed by atoms with Crippen LogP contribution in [0.5, 0.6) is 0 Å². The molecule has 23 heavy (non-hydrogen) atoms. The first-order valence-corrected chi connectivity index (χ1v) is 8.44. The molecule has 0 unspecified atom stereocenters. The number of para-hydroxylation sites is 1. The molecule has 1 heterocycles. The Hall–Kier alpha value is -1.99. The zero-order chi connectivity index (χ0) is 16.7. The van der Waals surface area contributed by atoms with Crippen molar-refractivity contribution >= 4 is 45.6 Å². The molecule has 0 saturated carbocycles. The molecule has 122 valence electrons. The highest BCUT2D eigenvalue weighted by molar-refractivity contribution is 7.15. The Morgan fingerprint density at radius 1 is 1.13 bits per heavy atom. The Morgan fingerprint density at radius 2 is 1.83 bits per heavy atom. The second-order valence-electron chi connectivity index (χ2n) is 4.83. The lowest BCUT2D eigenvalue weighted by Gasteiger charge is -2.06. The highest BCUT2D eigenvalue weighted by atomic mass is 35.5. The highest BCUT2D eigenvalue weighted by Gasteiger charge is 2.11. The number of carbonyl (C=O) groups excluding carboxylic acids is 2. The van der Waals surface area contributed by atoms with E-state index in [4.69, 9.17) is 11.6 Å². The molecule has 0 saturated heterocycles. The fourth-order valence-electron chi connectivity index (χ4n) is 1.80. The van der Waals surface area contributed by atoms with Gasteiger partial charge in [-0.2, -0.15) is 0 Å². The van der Waals surface area contributed by atoms with Crippen molar-refractivity contribution in [3.63, 3.8) is 0 Å². The van der Waals surface area contributed by atoms with Gasteiger partial charge >= 0.3 is 0 Å². The van der Waals surface area contributed by atoms with Gasteiger partial charge in [-0.05, 0) is 18.6 Å². The topological polar surface area (TPSA) is 84.0 Å². The third-order valence-electron chi connectivity index (χ3n) is 2.90. The molecular formula is C15H17ClN4O2S. The SMILES string of the molecule is CCCc1nnc(NC(=O)CCC(=O)Nc2ccccc2Cl)s1. The van der Waals surface area contributed by atoms with Gasteiger partial charge in [0.1, 0.15) is 5.01 Å². The van der Waals surface area contributed by atoms with E-state index in [0.717, 1.165) is 17.8 Å². The van der Waals surface area contributed by atoms with Crippen LogP contribution < -0.4 is 10.6 Å². The molecule has 1 aromatic carbocycles. The van der Waals surface area contributed by atoms with Crippen LogP contribution in [0.25, 0.3) is 0 Å². The van der Waals surface area contributed by atoms with E-state index >= 15 is 0 Å². The first-order valence-electron chi connectivity index (χ1n) is 7.25. The molecular weight excluding hydrogens is 336 g/mol. The smallest absolute Gasteiger partial charge is 0.226 e. The van der Waals surface area contributed by atoms with Crippen molar-refractivity contribution in [2.75, 3.05) is 10.6 Å². The van der Waals surface area contributed by atoms with Crippen LogP contribution in [-0.4, -0.2) is 22.0 Å². The van der Waals surface area contributed by atoms with E-state index in [1.54, 1.807) is 24.3 Å². The molecule has 6 nitrogen and oxygen atoms in total. The average Bonchev–Trinajstić information content (AvgIpc) is 2.95. The van der Waals surface area contributed by atoms with Crippen molar-refractivity contribution in [2.45, 2.75) is 32.6 Å². The molecule has 0 spiro atoms. The standard InChI is InChI=1S/C15H17ClN4O2S/c1-2-5-14-19-20-15(23-14)18-13(22)9-8-12(21)17-11-7-4-3-6-10(11)16/h3-4,6-7H,2,5,8-9H2,1H3,(H,17,21)(H,18,20,22). The number of nitrogens with one attached hydrogen (secondary N) is 2. The third kappa shape index (κ3) is 5.61. The number of amides is 2. The predicted octanol–water partition coefficient (Wildman–Crippen LogP) is 3.50. The molecule has 0 radical (unpaired) electrons. The van der Waals surface area contributed by atoms with Gasteiger partial charge in [0.25, 0.3) is 0 Å². The van der Waals surface area contributed by atoms with Crippen LogP contribution in [0.1, 0.15) is 31.2 Å². The number of aromatic nitrogens is 2. The minimum atomic E-state index is -0.266. The molecule has 1 aromatic heterocycles. The summed E-state index contributed by atoms with van der Waals surface area (Å²) in [6, 6.07) is 6.95. The minimum absolute atomic E-state index is 0.0671. The van der Waals surface area contributed by atoms with Crippen LogP contribution in [0.3, 0.4) is 0 Å². The van der Waals surface area contributed by atoms with Gasteiger partial charge in [0.05, 0.1) is 10.7 Å². The van der Waals surface area contributed by atoms with Crippen LogP contribution in [0.4, 0.5) is 10.8 Å². The van der Waals surface area contributed by atoms with E-state index in [1.165, 1.54) is 11.3 Å². The summed E-state index contributed by atoms with van der Waals surface area (Å²) in [6.45, 7) is 2.05. The van der Waals surface area contributed by atoms with Gasteiger partial charge < -0.3 is 10.6 Å². The third-order valence-corrected chi connectivity index (χ3v) is 4.13. The maximum Gasteiger partial charge on any atom is 0.226 e. The molecule has 2 aromatic rings. The normalized spacial score (nSPS) is 10.3. The monoisotopic (exact) mass is 352 g/mol. The summed E-state index contributed by atoms with van der Waals surface area (Å²) in [5.41, 5.74) is 0.535. The van der Waals surface area contributed by atoms with Gasteiger partial charge in [-0.25, -0.2) is 0 Å². The number of carbonyl (C=O) groups is 2. The molecule has 8 heteroatoms. The Labute approximate surface area is 143 Å². The van der Waals surface area contributed by atoms with Gasteiger partial charge in [0.15, 0.2) is 0 Å². The molecule has 0 atom stereocenters. The largest absolute Gasteiger partial charge is 0.325 e. The molecule has 0 bridgehead atoms. The van der Waals surface area contributed by atoms with Crippen LogP contribution in [-0.2, 0) is 16.0 Å². The summed E-state index contributed by atoms with van der Waals surface area (Å²) >= 11 is 7.31. The van der Waals surface area contributed by atoms with E-state index in [2.05, 4.69) is 27.8 Å².